The molecule has 0 radical (unpaired) electrons. The Balaban J connectivity index is 0.00000144. The Morgan fingerprint density at radius 2 is 1.54 bits per heavy atom. The van der Waals surface area contributed by atoms with Crippen molar-refractivity contribution < 1.29 is 14.7 Å². The van der Waals surface area contributed by atoms with Crippen LogP contribution < -0.4 is 20.0 Å². The first-order chi connectivity index (χ1) is 5.41. The van der Waals surface area contributed by atoms with Crippen molar-refractivity contribution >= 4 is 68.2 Å². The van der Waals surface area contributed by atoms with Gasteiger partial charge in [-0.15, -0.1) is 7.94 Å². The average molecular weight is 338 g/mol. The van der Waals surface area contributed by atoms with Crippen molar-refractivity contribution in [2.45, 2.75) is 0 Å². The topological polar surface area (TPSA) is 69.2 Å². The molecule has 0 unspecified atom stereocenters. The number of hydrogen-bond acceptors (Lipinski definition) is 3. The fourth-order valence-electron chi connectivity index (χ4n) is 0.655. The average Bonchev–Trinajstić information content (AvgIpc) is 1.92. The molecule has 1 aromatic rings. The predicted molar refractivity (Wildman–Crippen MR) is 54.2 cm³/mol. The molecule has 7 heteroatoms. The summed E-state index contributed by atoms with van der Waals surface area (Å²) in [6.45, 7) is 0. The zero-order valence-corrected chi connectivity index (χ0v) is 11.8. The molecular formula is C6H3Br2MgO3P. The minimum absolute atomic E-state index is 0. The molecule has 0 atom stereocenters. The molecule has 0 fully saturated rings. The molecule has 0 spiro atoms. The third-order valence-corrected chi connectivity index (χ3v) is 4.01. The maximum atomic E-state index is 10.5. The first-order valence-corrected chi connectivity index (χ1v) is 6.02. The van der Waals surface area contributed by atoms with Crippen LogP contribution in [-0.4, -0.2) is 23.1 Å². The van der Waals surface area contributed by atoms with Gasteiger partial charge in [-0.25, -0.2) is 0 Å². The first-order valence-electron chi connectivity index (χ1n) is 2.89. The molecule has 0 aliphatic carbocycles. The first kappa shape index (κ1) is 14.3. The zero-order valence-electron chi connectivity index (χ0n) is 6.37. The van der Waals surface area contributed by atoms with E-state index in [2.05, 4.69) is 31.9 Å². The molecule has 0 aromatic heterocycles. The van der Waals surface area contributed by atoms with E-state index in [0.29, 0.717) is 8.95 Å². The third kappa shape index (κ3) is 4.09. The van der Waals surface area contributed by atoms with E-state index in [4.69, 9.17) is 0 Å². The van der Waals surface area contributed by atoms with E-state index in [1.54, 1.807) is 0 Å². The molecule has 0 aliphatic rings. The van der Waals surface area contributed by atoms with E-state index < -0.39 is 7.94 Å². The Hall–Kier alpha value is 1.26. The molecule has 0 saturated heterocycles. The van der Waals surface area contributed by atoms with Crippen LogP contribution in [0.2, 0.25) is 0 Å². The SMILES string of the molecule is [Mg+2].[O-][P+]([O-])([O-])c1ccc(Br)c(Br)c1. The van der Waals surface area contributed by atoms with Gasteiger partial charge in [-0.1, -0.05) is 0 Å². The van der Waals surface area contributed by atoms with Gasteiger partial charge in [0.05, 0.1) is 5.30 Å². The number of halogens is 2. The standard InChI is InChI=1S/C6H5Br2O3P.Mg/c7-5-2-1-4(3-6(5)8)12(9,10)11;/h1-3H,(H2,9,10,11);/q;+2/p-2. The Labute approximate surface area is 109 Å². The maximum absolute atomic E-state index is 10.5. The van der Waals surface area contributed by atoms with Crippen LogP contribution in [0.5, 0.6) is 0 Å². The summed E-state index contributed by atoms with van der Waals surface area (Å²) in [5.41, 5.74) is 0. The van der Waals surface area contributed by atoms with Crippen LogP contribution in [0, 0.1) is 0 Å². The van der Waals surface area contributed by atoms with Gasteiger partial charge in [-0.05, 0) is 50.1 Å². The predicted octanol–water partition coefficient (Wildman–Crippen LogP) is -0.700. The Morgan fingerprint density at radius 1 is 1.00 bits per heavy atom. The number of hydrogen-bond donors (Lipinski definition) is 0. The molecular weight excluding hydrogens is 335 g/mol. The van der Waals surface area contributed by atoms with Gasteiger partial charge in [-0.2, -0.15) is 0 Å². The van der Waals surface area contributed by atoms with Gasteiger partial charge in [-0.3, -0.25) is 0 Å². The molecule has 0 heterocycles. The summed E-state index contributed by atoms with van der Waals surface area (Å²) in [7, 11) is -4.62. The van der Waals surface area contributed by atoms with Crippen molar-refractivity contribution in [3.05, 3.63) is 27.1 Å². The Kier molecular flexibility index (Phi) is 5.89. The van der Waals surface area contributed by atoms with Crippen LogP contribution in [0.1, 0.15) is 0 Å². The molecule has 1 rings (SSSR count). The second-order valence-corrected chi connectivity index (χ2v) is 5.32. The van der Waals surface area contributed by atoms with Crippen molar-refractivity contribution in [3.63, 3.8) is 0 Å². The minimum Gasteiger partial charge on any atom is -0.683 e. The monoisotopic (exact) mass is 336 g/mol. The maximum Gasteiger partial charge on any atom is 2.00 e. The Morgan fingerprint density at radius 3 is 1.92 bits per heavy atom. The van der Waals surface area contributed by atoms with Crippen LogP contribution >= 0.6 is 39.8 Å². The minimum atomic E-state index is -4.62. The number of rotatable bonds is 1. The fourth-order valence-corrected chi connectivity index (χ4v) is 2.00. The Bertz CT molecular complexity index is 302. The summed E-state index contributed by atoms with van der Waals surface area (Å²) >= 11 is 6.25. The molecule has 3 nitrogen and oxygen atoms in total. The molecule has 0 aliphatic heterocycles. The quantitative estimate of drug-likeness (QED) is 0.502. The molecule has 0 N–H and O–H groups in total. The van der Waals surface area contributed by atoms with Crippen molar-refractivity contribution in [2.75, 3.05) is 0 Å². The molecule has 0 bridgehead atoms. The van der Waals surface area contributed by atoms with Gasteiger partial charge >= 0.3 is 23.1 Å². The molecule has 13 heavy (non-hydrogen) atoms. The summed E-state index contributed by atoms with van der Waals surface area (Å²) < 4.78 is 1.26. The van der Waals surface area contributed by atoms with Crippen molar-refractivity contribution in [1.29, 1.82) is 0 Å². The summed E-state index contributed by atoms with van der Waals surface area (Å²) in [6.07, 6.45) is 0. The van der Waals surface area contributed by atoms with Gasteiger partial charge in [0.2, 0.25) is 0 Å². The van der Waals surface area contributed by atoms with E-state index >= 15 is 0 Å². The van der Waals surface area contributed by atoms with Gasteiger partial charge in [0.15, 0.2) is 0 Å². The summed E-state index contributed by atoms with van der Waals surface area (Å²) in [5.74, 6) is 0. The summed E-state index contributed by atoms with van der Waals surface area (Å²) in [4.78, 5) is 31.6. The van der Waals surface area contributed by atoms with Gasteiger partial charge in [0.25, 0.3) is 0 Å². The second kappa shape index (κ2) is 5.37. The normalized spacial score (nSPS) is 10.8. The molecule has 66 valence electrons. The van der Waals surface area contributed by atoms with E-state index in [0.717, 1.165) is 0 Å². The van der Waals surface area contributed by atoms with E-state index in [-0.39, 0.29) is 28.4 Å². The number of benzene rings is 1. The van der Waals surface area contributed by atoms with Crippen molar-refractivity contribution in [2.24, 2.45) is 0 Å². The van der Waals surface area contributed by atoms with Crippen LogP contribution in [0.15, 0.2) is 27.1 Å². The van der Waals surface area contributed by atoms with Crippen LogP contribution in [-0.2, 0) is 0 Å². The second-order valence-electron chi connectivity index (χ2n) is 2.10. The van der Waals surface area contributed by atoms with Crippen LogP contribution in [0.4, 0.5) is 0 Å². The van der Waals surface area contributed by atoms with Gasteiger partial charge in [0.1, 0.15) is 0 Å². The van der Waals surface area contributed by atoms with E-state index in [1.807, 2.05) is 0 Å². The molecule has 0 saturated carbocycles. The summed E-state index contributed by atoms with van der Waals surface area (Å²) in [5, 5.41) is -0.211. The van der Waals surface area contributed by atoms with Gasteiger partial charge < -0.3 is 14.7 Å². The smallest absolute Gasteiger partial charge is 0.683 e. The van der Waals surface area contributed by atoms with Crippen LogP contribution in [0.3, 0.4) is 0 Å². The summed E-state index contributed by atoms with van der Waals surface area (Å²) in [6, 6.07) is 4.03. The zero-order chi connectivity index (χ0) is 9.35. The molecule has 1 aromatic carbocycles. The van der Waals surface area contributed by atoms with E-state index in [9.17, 15) is 14.7 Å². The molecule has 0 amide bonds. The van der Waals surface area contributed by atoms with Crippen molar-refractivity contribution in [3.8, 4) is 0 Å². The van der Waals surface area contributed by atoms with Gasteiger partial charge in [0, 0.05) is 8.95 Å². The third-order valence-electron chi connectivity index (χ3n) is 1.22. The van der Waals surface area contributed by atoms with Crippen LogP contribution in [0.25, 0.3) is 0 Å². The van der Waals surface area contributed by atoms with Crippen molar-refractivity contribution in [1.82, 2.24) is 0 Å². The fraction of sp³-hybridized carbons (Fsp3) is 0. The van der Waals surface area contributed by atoms with E-state index in [1.165, 1.54) is 18.2 Å². The largest absolute Gasteiger partial charge is 2.00 e.